The molecule has 2 saturated carbocycles. The third-order valence-electron chi connectivity index (χ3n) is 6.84. The summed E-state index contributed by atoms with van der Waals surface area (Å²) in [5.74, 6) is -3.18. The Labute approximate surface area is 198 Å². The molecule has 2 unspecified atom stereocenters. The number of carbonyl (C=O) groups is 2. The van der Waals surface area contributed by atoms with Crippen LogP contribution in [0, 0.1) is 0 Å². The van der Waals surface area contributed by atoms with Gasteiger partial charge in [0.05, 0.1) is 14.2 Å². The number of methoxy groups -OCH3 is 2. The van der Waals surface area contributed by atoms with Crippen LogP contribution in [0.25, 0.3) is 0 Å². The van der Waals surface area contributed by atoms with Gasteiger partial charge in [-0.15, -0.1) is 0 Å². The Morgan fingerprint density at radius 2 is 1.12 bits per heavy atom. The molecule has 3 aliphatic rings. The lowest BCUT2D eigenvalue weighted by atomic mass is 9.78. The molecule has 1 saturated heterocycles. The van der Waals surface area contributed by atoms with Crippen LogP contribution in [0.15, 0.2) is 60.7 Å². The van der Waals surface area contributed by atoms with Crippen LogP contribution in [-0.4, -0.2) is 49.9 Å². The highest BCUT2D eigenvalue weighted by Crippen LogP contribution is 2.57. The van der Waals surface area contributed by atoms with Crippen molar-refractivity contribution < 1.29 is 38.0 Å². The number of rotatable bonds is 8. The maximum atomic E-state index is 12.6. The van der Waals surface area contributed by atoms with Crippen LogP contribution in [0.3, 0.4) is 0 Å². The third kappa shape index (κ3) is 3.90. The molecular weight excluding hydrogens is 440 g/mol. The molecule has 6 atom stereocenters. The Kier molecular flexibility index (Phi) is 6.16. The van der Waals surface area contributed by atoms with E-state index in [0.29, 0.717) is 36.8 Å². The van der Waals surface area contributed by atoms with Crippen LogP contribution in [0.5, 0.6) is 0 Å². The SMILES string of the molecule is COC(=O)C(O[C@@]12CC[C@@H]1O[C@@]1(OC(C(=O)OC)c3ccccc3)CC[C@H]1O2)c1ccccc1. The number of esters is 2. The molecule has 1 heterocycles. The quantitative estimate of drug-likeness (QED) is 0.543. The first-order valence-electron chi connectivity index (χ1n) is 11.5. The van der Waals surface area contributed by atoms with Gasteiger partial charge in [-0.2, -0.15) is 0 Å². The number of benzene rings is 2. The van der Waals surface area contributed by atoms with E-state index in [1.54, 1.807) is 0 Å². The number of ether oxygens (including phenoxy) is 6. The molecule has 1 aliphatic heterocycles. The van der Waals surface area contributed by atoms with Gasteiger partial charge in [-0.1, -0.05) is 60.7 Å². The van der Waals surface area contributed by atoms with Crippen LogP contribution in [0.2, 0.25) is 0 Å². The highest BCUT2D eigenvalue weighted by molar-refractivity contribution is 5.77. The van der Waals surface area contributed by atoms with Crippen LogP contribution >= 0.6 is 0 Å². The lowest BCUT2D eigenvalue weighted by Crippen LogP contribution is -2.74. The van der Waals surface area contributed by atoms with Gasteiger partial charge < -0.3 is 28.4 Å². The highest BCUT2D eigenvalue weighted by atomic mass is 16.8. The molecule has 8 nitrogen and oxygen atoms in total. The topological polar surface area (TPSA) is 89.5 Å². The predicted molar refractivity (Wildman–Crippen MR) is 118 cm³/mol. The lowest BCUT2D eigenvalue weighted by Gasteiger charge is -2.63. The average molecular weight is 469 g/mol. The minimum atomic E-state index is -1.08. The fraction of sp³-hybridized carbons (Fsp3) is 0.462. The molecule has 3 fully saturated rings. The molecule has 2 aromatic rings. The Balaban J connectivity index is 1.37. The van der Waals surface area contributed by atoms with Gasteiger partial charge in [-0.25, -0.2) is 9.59 Å². The fourth-order valence-electron chi connectivity index (χ4n) is 4.74. The largest absolute Gasteiger partial charge is 0.467 e. The van der Waals surface area contributed by atoms with Crippen molar-refractivity contribution in [1.82, 2.24) is 0 Å². The maximum Gasteiger partial charge on any atom is 0.339 e. The van der Waals surface area contributed by atoms with Crippen LogP contribution in [-0.2, 0) is 38.0 Å². The van der Waals surface area contributed by atoms with Gasteiger partial charge in [-0.05, 0) is 24.0 Å². The summed E-state index contributed by atoms with van der Waals surface area (Å²) in [5, 5.41) is 0. The summed E-state index contributed by atoms with van der Waals surface area (Å²) in [7, 11) is 2.66. The molecule has 2 aromatic carbocycles. The van der Waals surface area contributed by atoms with Gasteiger partial charge in [0.25, 0.3) is 0 Å². The van der Waals surface area contributed by atoms with E-state index in [1.807, 2.05) is 60.7 Å². The standard InChI is InChI=1S/C26H28O8/c1-29-23(27)21(17-9-5-3-6-10-17)33-25-15-13-19(25)32-26(16-14-20(26)31-25)34-22(24(28)30-2)18-11-7-4-8-12-18/h3-12,19-22H,13-16H2,1-2H3/t19-,20+,21?,22?,25-,26+. The van der Waals surface area contributed by atoms with Gasteiger partial charge >= 0.3 is 11.9 Å². The van der Waals surface area contributed by atoms with E-state index in [-0.39, 0.29) is 0 Å². The predicted octanol–water partition coefficient (Wildman–Crippen LogP) is 3.61. The fourth-order valence-corrected chi connectivity index (χ4v) is 4.74. The first-order valence-corrected chi connectivity index (χ1v) is 11.5. The monoisotopic (exact) mass is 468 g/mol. The van der Waals surface area contributed by atoms with E-state index >= 15 is 0 Å². The van der Waals surface area contributed by atoms with E-state index in [2.05, 4.69) is 0 Å². The van der Waals surface area contributed by atoms with Gasteiger partial charge in [0, 0.05) is 12.8 Å². The minimum absolute atomic E-state index is 0.450. The Hall–Kier alpha value is -2.78. The molecule has 5 rings (SSSR count). The smallest absolute Gasteiger partial charge is 0.339 e. The molecule has 180 valence electrons. The second-order valence-electron chi connectivity index (χ2n) is 8.78. The third-order valence-corrected chi connectivity index (χ3v) is 6.84. The second kappa shape index (κ2) is 9.11. The number of hydrogen-bond donors (Lipinski definition) is 0. The van der Waals surface area contributed by atoms with Crippen molar-refractivity contribution in [2.45, 2.75) is 61.7 Å². The highest BCUT2D eigenvalue weighted by Gasteiger charge is 2.67. The minimum Gasteiger partial charge on any atom is -0.467 e. The van der Waals surface area contributed by atoms with Crippen molar-refractivity contribution >= 4 is 11.9 Å². The van der Waals surface area contributed by atoms with E-state index in [4.69, 9.17) is 28.4 Å². The average Bonchev–Trinajstić information content (AvgIpc) is 2.87. The van der Waals surface area contributed by atoms with E-state index in [9.17, 15) is 9.59 Å². The van der Waals surface area contributed by atoms with Gasteiger partial charge in [0.1, 0.15) is 12.2 Å². The van der Waals surface area contributed by atoms with Crippen molar-refractivity contribution in [1.29, 1.82) is 0 Å². The Morgan fingerprint density at radius 1 is 0.735 bits per heavy atom. The normalized spacial score (nSPS) is 31.0. The summed E-state index contributed by atoms with van der Waals surface area (Å²) >= 11 is 0. The first-order chi connectivity index (χ1) is 16.5. The molecule has 0 amide bonds. The summed E-state index contributed by atoms with van der Waals surface area (Å²) in [6.07, 6.45) is -0.295. The second-order valence-corrected chi connectivity index (χ2v) is 8.78. The lowest BCUT2D eigenvalue weighted by molar-refractivity contribution is -0.498. The molecule has 0 radical (unpaired) electrons. The molecule has 34 heavy (non-hydrogen) atoms. The zero-order valence-corrected chi connectivity index (χ0v) is 19.2. The zero-order chi connectivity index (χ0) is 23.8. The van der Waals surface area contributed by atoms with Crippen molar-refractivity contribution in [2.24, 2.45) is 0 Å². The van der Waals surface area contributed by atoms with E-state index < -0.39 is 47.9 Å². The van der Waals surface area contributed by atoms with Crippen molar-refractivity contribution in [3.63, 3.8) is 0 Å². The Bertz CT molecular complexity index is 944. The first kappa shape index (κ1) is 23.0. The van der Waals surface area contributed by atoms with Crippen LogP contribution in [0.1, 0.15) is 49.0 Å². The van der Waals surface area contributed by atoms with Crippen LogP contribution < -0.4 is 0 Å². The van der Waals surface area contributed by atoms with Crippen molar-refractivity contribution in [3.05, 3.63) is 71.8 Å². The van der Waals surface area contributed by atoms with Crippen molar-refractivity contribution in [2.75, 3.05) is 14.2 Å². The summed E-state index contributed by atoms with van der Waals surface area (Å²) in [4.78, 5) is 25.1. The molecule has 0 spiro atoms. The number of hydrogen-bond acceptors (Lipinski definition) is 8. The number of carbonyl (C=O) groups excluding carboxylic acids is 2. The van der Waals surface area contributed by atoms with E-state index in [1.165, 1.54) is 14.2 Å². The summed E-state index contributed by atoms with van der Waals surface area (Å²) in [5.41, 5.74) is 1.35. The molecule has 0 N–H and O–H groups in total. The maximum absolute atomic E-state index is 12.6. The van der Waals surface area contributed by atoms with Gasteiger partial charge in [-0.3, -0.25) is 0 Å². The molecular formula is C26H28O8. The summed E-state index contributed by atoms with van der Waals surface area (Å²) in [6, 6.07) is 18.3. The number of fused-ring (bicyclic) bond motifs is 2. The summed E-state index contributed by atoms with van der Waals surface area (Å²) < 4.78 is 35.5. The zero-order valence-electron chi connectivity index (χ0n) is 19.2. The van der Waals surface area contributed by atoms with Crippen molar-refractivity contribution in [3.8, 4) is 0 Å². The van der Waals surface area contributed by atoms with Gasteiger partial charge in [0.15, 0.2) is 23.8 Å². The molecule has 8 heteroatoms. The van der Waals surface area contributed by atoms with Crippen LogP contribution in [0.4, 0.5) is 0 Å². The molecule has 0 bridgehead atoms. The Morgan fingerprint density at radius 3 is 1.41 bits per heavy atom. The molecule has 2 aliphatic carbocycles. The van der Waals surface area contributed by atoms with E-state index in [0.717, 1.165) is 0 Å². The summed E-state index contributed by atoms with van der Waals surface area (Å²) in [6.45, 7) is 0. The molecule has 0 aromatic heterocycles. The van der Waals surface area contributed by atoms with Gasteiger partial charge in [0.2, 0.25) is 0 Å².